The number of ether oxygens (including phenoxy) is 1. The van der Waals surface area contributed by atoms with Gasteiger partial charge in [-0.05, 0) is 48.6 Å². The maximum Gasteiger partial charge on any atom is 0.264 e. The van der Waals surface area contributed by atoms with E-state index in [0.717, 1.165) is 22.6 Å². The summed E-state index contributed by atoms with van der Waals surface area (Å²) in [7, 11) is 0. The molecule has 0 aliphatic rings. The standard InChI is InChI=1S/C18H24N2O2/c1-11(2)18(12(3)4)22-16-8-6-14(10-13(16)5)15-7-9-17(21)20-19-15/h6-12,18H,1-5H3,(H,20,21). The Kier molecular flexibility index (Phi) is 5.01. The van der Waals surface area contributed by atoms with Crippen LogP contribution >= 0.6 is 0 Å². The molecule has 0 spiro atoms. The van der Waals surface area contributed by atoms with Crippen LogP contribution in [0.5, 0.6) is 5.75 Å². The Morgan fingerprint density at radius 1 is 1.05 bits per heavy atom. The quantitative estimate of drug-likeness (QED) is 0.913. The molecule has 2 rings (SSSR count). The highest BCUT2D eigenvalue weighted by Crippen LogP contribution is 2.28. The minimum Gasteiger partial charge on any atom is -0.490 e. The minimum atomic E-state index is -0.197. The van der Waals surface area contributed by atoms with Crippen LogP contribution in [0.3, 0.4) is 0 Å². The fraction of sp³-hybridized carbons (Fsp3) is 0.444. The summed E-state index contributed by atoms with van der Waals surface area (Å²) in [6.45, 7) is 10.7. The van der Waals surface area contributed by atoms with E-state index < -0.39 is 0 Å². The number of nitrogens with zero attached hydrogens (tertiary/aromatic N) is 1. The predicted molar refractivity (Wildman–Crippen MR) is 89.1 cm³/mol. The van der Waals surface area contributed by atoms with Crippen molar-refractivity contribution in [2.24, 2.45) is 11.8 Å². The smallest absolute Gasteiger partial charge is 0.264 e. The Morgan fingerprint density at radius 2 is 1.73 bits per heavy atom. The van der Waals surface area contributed by atoms with Gasteiger partial charge in [0.15, 0.2) is 0 Å². The average molecular weight is 300 g/mol. The summed E-state index contributed by atoms with van der Waals surface area (Å²) in [5, 5.41) is 6.52. The van der Waals surface area contributed by atoms with Gasteiger partial charge in [-0.2, -0.15) is 5.10 Å². The van der Waals surface area contributed by atoms with Gasteiger partial charge in [0.2, 0.25) is 0 Å². The Hall–Kier alpha value is -2.10. The lowest BCUT2D eigenvalue weighted by atomic mass is 9.96. The molecule has 1 heterocycles. The number of aromatic nitrogens is 2. The average Bonchev–Trinajstić information content (AvgIpc) is 2.46. The highest BCUT2D eigenvalue weighted by Gasteiger charge is 2.20. The van der Waals surface area contributed by atoms with Gasteiger partial charge in [-0.1, -0.05) is 27.7 Å². The van der Waals surface area contributed by atoms with Crippen LogP contribution in [-0.4, -0.2) is 16.3 Å². The van der Waals surface area contributed by atoms with E-state index in [9.17, 15) is 4.79 Å². The van der Waals surface area contributed by atoms with Gasteiger partial charge in [0.05, 0.1) is 5.69 Å². The van der Waals surface area contributed by atoms with Crippen LogP contribution in [0, 0.1) is 18.8 Å². The molecule has 0 atom stereocenters. The summed E-state index contributed by atoms with van der Waals surface area (Å²) in [6.07, 6.45) is 0.191. The highest BCUT2D eigenvalue weighted by molar-refractivity contribution is 5.61. The van der Waals surface area contributed by atoms with Gasteiger partial charge in [-0.3, -0.25) is 4.79 Å². The molecule has 22 heavy (non-hydrogen) atoms. The lowest BCUT2D eigenvalue weighted by Gasteiger charge is -2.27. The number of nitrogens with one attached hydrogen (secondary N) is 1. The molecule has 0 fully saturated rings. The van der Waals surface area contributed by atoms with Crippen molar-refractivity contribution in [3.05, 3.63) is 46.2 Å². The lowest BCUT2D eigenvalue weighted by Crippen LogP contribution is -2.29. The number of aryl methyl sites for hydroxylation is 1. The number of hydrogen-bond donors (Lipinski definition) is 1. The summed E-state index contributed by atoms with van der Waals surface area (Å²) in [5.74, 6) is 1.82. The van der Waals surface area contributed by atoms with Gasteiger partial charge in [-0.15, -0.1) is 0 Å². The first-order valence-corrected chi connectivity index (χ1v) is 7.72. The first kappa shape index (κ1) is 16.3. The zero-order valence-corrected chi connectivity index (χ0v) is 13.9. The van der Waals surface area contributed by atoms with Crippen molar-refractivity contribution in [3.8, 4) is 17.0 Å². The van der Waals surface area contributed by atoms with Crippen molar-refractivity contribution < 1.29 is 4.74 Å². The van der Waals surface area contributed by atoms with E-state index in [1.807, 2.05) is 25.1 Å². The molecule has 4 nitrogen and oxygen atoms in total. The zero-order valence-electron chi connectivity index (χ0n) is 13.9. The number of aromatic amines is 1. The molecule has 2 aromatic rings. The van der Waals surface area contributed by atoms with Crippen LogP contribution in [-0.2, 0) is 0 Å². The third kappa shape index (κ3) is 3.75. The van der Waals surface area contributed by atoms with E-state index in [1.54, 1.807) is 6.07 Å². The molecule has 4 heteroatoms. The summed E-state index contributed by atoms with van der Waals surface area (Å²) in [6, 6.07) is 9.19. The van der Waals surface area contributed by atoms with E-state index >= 15 is 0 Å². The van der Waals surface area contributed by atoms with E-state index in [1.165, 1.54) is 6.07 Å². The van der Waals surface area contributed by atoms with Gasteiger partial charge < -0.3 is 4.74 Å². The Bertz CT molecular complexity index is 661. The van der Waals surface area contributed by atoms with Gasteiger partial charge in [-0.25, -0.2) is 5.10 Å². The normalized spacial score (nSPS) is 11.5. The lowest BCUT2D eigenvalue weighted by molar-refractivity contribution is 0.104. The van der Waals surface area contributed by atoms with Crippen LogP contribution < -0.4 is 10.3 Å². The molecular weight excluding hydrogens is 276 g/mol. The SMILES string of the molecule is Cc1cc(-c2ccc(=O)[nH]n2)ccc1OC(C(C)C)C(C)C. The molecular formula is C18H24N2O2. The molecule has 0 bridgehead atoms. The van der Waals surface area contributed by atoms with Crippen LogP contribution in [0.25, 0.3) is 11.3 Å². The summed E-state index contributed by atoms with van der Waals surface area (Å²) >= 11 is 0. The first-order chi connectivity index (χ1) is 10.4. The largest absolute Gasteiger partial charge is 0.490 e. The third-order valence-corrected chi connectivity index (χ3v) is 3.73. The van der Waals surface area contributed by atoms with E-state index in [0.29, 0.717) is 11.8 Å². The molecule has 1 aromatic carbocycles. The Labute approximate surface area is 131 Å². The van der Waals surface area contributed by atoms with Crippen molar-refractivity contribution >= 4 is 0 Å². The monoisotopic (exact) mass is 300 g/mol. The second-order valence-corrected chi connectivity index (χ2v) is 6.36. The van der Waals surface area contributed by atoms with Crippen molar-refractivity contribution in [2.75, 3.05) is 0 Å². The number of benzene rings is 1. The topological polar surface area (TPSA) is 55.0 Å². The number of H-pyrrole nitrogens is 1. The molecule has 0 saturated heterocycles. The van der Waals surface area contributed by atoms with Crippen LogP contribution in [0.1, 0.15) is 33.3 Å². The molecule has 1 N–H and O–H groups in total. The van der Waals surface area contributed by atoms with Crippen molar-refractivity contribution in [3.63, 3.8) is 0 Å². The van der Waals surface area contributed by atoms with Crippen LogP contribution in [0.15, 0.2) is 35.1 Å². The van der Waals surface area contributed by atoms with Crippen molar-refractivity contribution in [1.29, 1.82) is 0 Å². The van der Waals surface area contributed by atoms with E-state index in [-0.39, 0.29) is 11.7 Å². The van der Waals surface area contributed by atoms with Gasteiger partial charge in [0.1, 0.15) is 11.9 Å². The maximum atomic E-state index is 11.1. The second-order valence-electron chi connectivity index (χ2n) is 6.36. The fourth-order valence-corrected chi connectivity index (χ4v) is 2.63. The van der Waals surface area contributed by atoms with Crippen LogP contribution in [0.4, 0.5) is 0 Å². The van der Waals surface area contributed by atoms with Crippen molar-refractivity contribution in [2.45, 2.75) is 40.7 Å². The van der Waals surface area contributed by atoms with E-state index in [2.05, 4.69) is 37.9 Å². The molecule has 1 aromatic heterocycles. The second kappa shape index (κ2) is 6.77. The Balaban J connectivity index is 2.26. The Morgan fingerprint density at radius 3 is 2.23 bits per heavy atom. The first-order valence-electron chi connectivity index (χ1n) is 7.72. The molecule has 0 aliphatic heterocycles. The minimum absolute atomic E-state index is 0.191. The molecule has 0 saturated carbocycles. The van der Waals surface area contributed by atoms with E-state index in [4.69, 9.17) is 4.74 Å². The maximum absolute atomic E-state index is 11.1. The molecule has 118 valence electrons. The van der Waals surface area contributed by atoms with Gasteiger partial charge >= 0.3 is 0 Å². The molecule has 0 amide bonds. The van der Waals surface area contributed by atoms with Gasteiger partial charge in [0.25, 0.3) is 5.56 Å². The fourth-order valence-electron chi connectivity index (χ4n) is 2.63. The molecule has 0 radical (unpaired) electrons. The number of hydrogen-bond acceptors (Lipinski definition) is 3. The summed E-state index contributed by atoms with van der Waals surface area (Å²) in [4.78, 5) is 11.1. The van der Waals surface area contributed by atoms with Crippen molar-refractivity contribution in [1.82, 2.24) is 10.2 Å². The van der Waals surface area contributed by atoms with Crippen LogP contribution in [0.2, 0.25) is 0 Å². The summed E-state index contributed by atoms with van der Waals surface area (Å²) in [5.41, 5.74) is 2.58. The van der Waals surface area contributed by atoms with Gasteiger partial charge in [0, 0.05) is 11.6 Å². The molecule has 0 aliphatic carbocycles. The zero-order chi connectivity index (χ0) is 16.3. The predicted octanol–water partition coefficient (Wildman–Crippen LogP) is 3.80. The number of rotatable bonds is 5. The summed E-state index contributed by atoms with van der Waals surface area (Å²) < 4.78 is 6.20. The molecule has 0 unspecified atom stereocenters. The highest BCUT2D eigenvalue weighted by atomic mass is 16.5. The third-order valence-electron chi connectivity index (χ3n) is 3.73.